The van der Waals surface area contributed by atoms with Crippen molar-refractivity contribution in [1.82, 2.24) is 4.98 Å². The Morgan fingerprint density at radius 2 is 0.923 bits per heavy atom. The summed E-state index contributed by atoms with van der Waals surface area (Å²) in [6.07, 6.45) is 6.66. The maximum absolute atomic E-state index is 4.26. The predicted octanol–water partition coefficient (Wildman–Crippen LogP) is 3.58. The quantitative estimate of drug-likeness (QED) is 0.544. The van der Waals surface area contributed by atoms with E-state index in [9.17, 15) is 0 Å². The Hall–Kier alpha value is -2.16. The van der Waals surface area contributed by atoms with E-state index in [1.807, 2.05) is 0 Å². The van der Waals surface area contributed by atoms with Gasteiger partial charge in [0.1, 0.15) is 0 Å². The molecule has 0 spiro atoms. The van der Waals surface area contributed by atoms with E-state index >= 15 is 0 Å². The van der Waals surface area contributed by atoms with Crippen LogP contribution < -0.4 is 20.5 Å². The molecule has 0 aliphatic heterocycles. The van der Waals surface area contributed by atoms with Crippen LogP contribution in [0.15, 0.2) is 91.0 Å². The van der Waals surface area contributed by atoms with Crippen molar-refractivity contribution in [3.63, 3.8) is 0 Å². The van der Waals surface area contributed by atoms with Gasteiger partial charge in [0.25, 0.3) is 0 Å². The smallest absolute Gasteiger partial charge is 0.222 e. The van der Waals surface area contributed by atoms with Crippen molar-refractivity contribution in [3.8, 4) is 0 Å². The molecule has 132 valence electrons. The Morgan fingerprint density at radius 3 is 1.31 bits per heavy atom. The van der Waals surface area contributed by atoms with Gasteiger partial charge < -0.3 is 4.98 Å². The van der Waals surface area contributed by atoms with Crippen molar-refractivity contribution < 1.29 is 0 Å². The molecule has 1 N–H and O–H groups in total. The lowest BCUT2D eigenvalue weighted by atomic mass is 9.96. The molecule has 2 heteroatoms. The van der Waals surface area contributed by atoms with Crippen LogP contribution in [0.5, 0.6) is 0 Å². The van der Waals surface area contributed by atoms with Crippen molar-refractivity contribution in [3.05, 3.63) is 91.0 Å². The molecule has 3 aromatic rings. The highest BCUT2D eigenvalue weighted by Crippen LogP contribution is 2.19. The van der Waals surface area contributed by atoms with Crippen LogP contribution in [0.25, 0.3) is 0 Å². The van der Waals surface area contributed by atoms with Crippen molar-refractivity contribution >= 4 is 23.8 Å². The highest BCUT2D eigenvalue weighted by Gasteiger charge is 2.41. The standard InChI is InChI=1S/C24H27NSi/c1-5-13-21(14-6-1)25-26(22-15-7-2-8-16-22,23-17-9-3-10-18-23)24-19-11-4-12-20-24/h2-4,7-12,15-21,25H,1,5-6,13-14H2. The molecule has 0 atom stereocenters. The van der Waals surface area contributed by atoms with Crippen LogP contribution in [0, 0.1) is 0 Å². The maximum Gasteiger partial charge on any atom is 0.222 e. The van der Waals surface area contributed by atoms with Gasteiger partial charge >= 0.3 is 0 Å². The highest BCUT2D eigenvalue weighted by atomic mass is 28.3. The van der Waals surface area contributed by atoms with Gasteiger partial charge in [-0.2, -0.15) is 0 Å². The second-order valence-electron chi connectivity index (χ2n) is 7.33. The molecule has 4 rings (SSSR count). The molecule has 0 saturated heterocycles. The summed E-state index contributed by atoms with van der Waals surface area (Å²) in [5.41, 5.74) is 0. The molecule has 1 saturated carbocycles. The highest BCUT2D eigenvalue weighted by molar-refractivity contribution is 7.09. The van der Waals surface area contributed by atoms with Crippen molar-refractivity contribution in [1.29, 1.82) is 0 Å². The average Bonchev–Trinajstić information content (AvgIpc) is 2.75. The van der Waals surface area contributed by atoms with Crippen molar-refractivity contribution in [2.45, 2.75) is 38.1 Å². The van der Waals surface area contributed by atoms with Gasteiger partial charge in [-0.25, -0.2) is 0 Å². The molecule has 1 aliphatic carbocycles. The molecule has 26 heavy (non-hydrogen) atoms. The van der Waals surface area contributed by atoms with E-state index in [1.54, 1.807) is 0 Å². The molecule has 0 radical (unpaired) electrons. The molecule has 0 heterocycles. The first-order valence-electron chi connectivity index (χ1n) is 9.84. The fourth-order valence-electron chi connectivity index (χ4n) is 4.37. The normalized spacial score (nSPS) is 15.7. The fraction of sp³-hybridized carbons (Fsp3) is 0.250. The van der Waals surface area contributed by atoms with Gasteiger partial charge in [0.15, 0.2) is 0 Å². The number of hydrogen-bond donors (Lipinski definition) is 1. The van der Waals surface area contributed by atoms with Crippen LogP contribution in [0.1, 0.15) is 32.1 Å². The monoisotopic (exact) mass is 357 g/mol. The molecule has 1 fully saturated rings. The second kappa shape index (κ2) is 8.03. The molecule has 0 aromatic heterocycles. The summed E-state index contributed by atoms with van der Waals surface area (Å²) in [5.74, 6) is 0. The minimum atomic E-state index is -2.26. The lowest BCUT2D eigenvalue weighted by molar-refractivity contribution is 0.416. The average molecular weight is 358 g/mol. The van der Waals surface area contributed by atoms with Gasteiger partial charge in [0, 0.05) is 6.04 Å². The number of hydrogen-bond acceptors (Lipinski definition) is 1. The summed E-state index contributed by atoms with van der Waals surface area (Å²) < 4.78 is 0. The third-order valence-electron chi connectivity index (χ3n) is 5.65. The first kappa shape index (κ1) is 17.3. The van der Waals surface area contributed by atoms with Gasteiger partial charge in [0.2, 0.25) is 8.24 Å². The summed E-state index contributed by atoms with van der Waals surface area (Å²) in [4.78, 5) is 4.26. The van der Waals surface area contributed by atoms with Gasteiger partial charge in [-0.15, -0.1) is 0 Å². The zero-order chi connectivity index (χ0) is 17.7. The third kappa shape index (κ3) is 3.40. The first-order valence-corrected chi connectivity index (χ1v) is 11.8. The van der Waals surface area contributed by atoms with Gasteiger partial charge in [-0.05, 0) is 28.4 Å². The Bertz CT molecular complexity index is 699. The lowest BCUT2D eigenvalue weighted by Crippen LogP contribution is -2.78. The van der Waals surface area contributed by atoms with E-state index in [1.165, 1.54) is 47.7 Å². The van der Waals surface area contributed by atoms with Gasteiger partial charge in [-0.1, -0.05) is 110 Å². The SMILES string of the molecule is c1ccc([Si](NC2CCCCC2)(c2ccccc2)c2ccccc2)cc1. The van der Waals surface area contributed by atoms with Crippen LogP contribution in [-0.4, -0.2) is 14.3 Å². The van der Waals surface area contributed by atoms with E-state index in [4.69, 9.17) is 0 Å². The number of benzene rings is 3. The topological polar surface area (TPSA) is 12.0 Å². The minimum absolute atomic E-state index is 0.607. The molecule has 0 amide bonds. The lowest BCUT2D eigenvalue weighted by Gasteiger charge is -2.39. The molecule has 0 unspecified atom stereocenters. The van der Waals surface area contributed by atoms with Gasteiger partial charge in [0.05, 0.1) is 0 Å². The number of nitrogens with one attached hydrogen (secondary N) is 1. The van der Waals surface area contributed by atoms with Crippen LogP contribution in [0.3, 0.4) is 0 Å². The van der Waals surface area contributed by atoms with E-state index in [-0.39, 0.29) is 0 Å². The Labute approximate surface area is 158 Å². The summed E-state index contributed by atoms with van der Waals surface area (Å²) in [7, 11) is -2.26. The van der Waals surface area contributed by atoms with Crippen LogP contribution in [0.2, 0.25) is 0 Å². The number of rotatable bonds is 5. The summed E-state index contributed by atoms with van der Waals surface area (Å²) >= 11 is 0. The summed E-state index contributed by atoms with van der Waals surface area (Å²) in [6.45, 7) is 0. The van der Waals surface area contributed by atoms with Crippen LogP contribution in [-0.2, 0) is 0 Å². The zero-order valence-corrected chi connectivity index (χ0v) is 16.3. The summed E-state index contributed by atoms with van der Waals surface area (Å²) in [5, 5.41) is 4.34. The minimum Gasteiger partial charge on any atom is -0.324 e. The fourth-order valence-corrected chi connectivity index (χ4v) is 8.85. The van der Waals surface area contributed by atoms with Crippen LogP contribution in [0.4, 0.5) is 0 Å². The van der Waals surface area contributed by atoms with E-state index in [2.05, 4.69) is 96.0 Å². The van der Waals surface area contributed by atoms with Crippen molar-refractivity contribution in [2.24, 2.45) is 0 Å². The van der Waals surface area contributed by atoms with E-state index < -0.39 is 8.24 Å². The molecule has 1 nitrogen and oxygen atoms in total. The molecule has 1 aliphatic rings. The Morgan fingerprint density at radius 1 is 0.538 bits per heavy atom. The van der Waals surface area contributed by atoms with Gasteiger partial charge in [-0.3, -0.25) is 0 Å². The Balaban J connectivity index is 1.90. The maximum atomic E-state index is 4.26. The zero-order valence-electron chi connectivity index (χ0n) is 15.3. The van der Waals surface area contributed by atoms with Crippen molar-refractivity contribution in [2.75, 3.05) is 0 Å². The largest absolute Gasteiger partial charge is 0.324 e. The molecular weight excluding hydrogens is 330 g/mol. The Kier molecular flexibility index (Phi) is 5.33. The first-order chi connectivity index (χ1) is 12.9. The van der Waals surface area contributed by atoms with E-state index in [0.29, 0.717) is 6.04 Å². The summed E-state index contributed by atoms with van der Waals surface area (Å²) in [6, 6.07) is 34.0. The molecule has 0 bridgehead atoms. The second-order valence-corrected chi connectivity index (χ2v) is 10.8. The predicted molar refractivity (Wildman–Crippen MR) is 114 cm³/mol. The third-order valence-corrected chi connectivity index (χ3v) is 10.1. The van der Waals surface area contributed by atoms with E-state index in [0.717, 1.165) is 0 Å². The van der Waals surface area contributed by atoms with Crippen LogP contribution >= 0.6 is 0 Å². The molecular formula is C24H27NSi. The molecule has 3 aromatic carbocycles.